The molecule has 0 atom stereocenters. The lowest BCUT2D eigenvalue weighted by molar-refractivity contribution is -0.143. The summed E-state index contributed by atoms with van der Waals surface area (Å²) >= 11 is 3.48. The molecule has 4 aromatic rings. The number of ether oxygens (including phenoxy) is 1. The predicted molar refractivity (Wildman–Crippen MR) is 120 cm³/mol. The Morgan fingerprint density at radius 2 is 1.97 bits per heavy atom. The summed E-state index contributed by atoms with van der Waals surface area (Å²) in [7, 11) is 0. The van der Waals surface area contributed by atoms with Crippen molar-refractivity contribution >= 4 is 44.3 Å². The second-order valence-electron chi connectivity index (χ2n) is 7.76. The second kappa shape index (κ2) is 7.81. The fourth-order valence-corrected chi connectivity index (χ4v) is 4.41. The van der Waals surface area contributed by atoms with E-state index in [2.05, 4.69) is 26.0 Å². The third-order valence-corrected chi connectivity index (χ3v) is 6.54. The van der Waals surface area contributed by atoms with Crippen LogP contribution in [0.15, 0.2) is 47.2 Å². The van der Waals surface area contributed by atoms with E-state index < -0.39 is 5.97 Å². The zero-order valence-electron chi connectivity index (χ0n) is 16.5. The molecule has 1 aliphatic rings. The molecule has 9 heteroatoms. The molecule has 3 heterocycles. The molecule has 0 unspecified atom stereocenters. The number of halogens is 1. The zero-order valence-corrected chi connectivity index (χ0v) is 18.1. The Hall–Kier alpha value is -3.20. The Labute approximate surface area is 186 Å². The quantitative estimate of drug-likeness (QED) is 0.445. The maximum absolute atomic E-state index is 11.2. The van der Waals surface area contributed by atoms with Gasteiger partial charge in [0.1, 0.15) is 16.4 Å². The van der Waals surface area contributed by atoms with Gasteiger partial charge in [-0.1, -0.05) is 18.2 Å². The summed E-state index contributed by atoms with van der Waals surface area (Å²) in [5.74, 6) is -0.263. The number of nitrogen functional groups attached to an aromatic ring is 1. The molecule has 0 amide bonds. The number of para-hydroxylation sites is 1. The van der Waals surface area contributed by atoms with Gasteiger partial charge in [-0.05, 0) is 53.7 Å². The first kappa shape index (κ1) is 19.7. The zero-order chi connectivity index (χ0) is 21.5. The lowest BCUT2D eigenvalue weighted by atomic mass is 9.87. The highest BCUT2D eigenvalue weighted by Crippen LogP contribution is 2.36. The Morgan fingerprint density at radius 1 is 1.19 bits per heavy atom. The molecule has 1 aliphatic carbocycles. The normalized spacial score (nSPS) is 19.0. The van der Waals surface area contributed by atoms with Crippen LogP contribution in [0.1, 0.15) is 25.7 Å². The second-order valence-corrected chi connectivity index (χ2v) is 8.55. The molecule has 0 aliphatic heterocycles. The Kier molecular flexibility index (Phi) is 4.97. The van der Waals surface area contributed by atoms with E-state index in [0.717, 1.165) is 22.0 Å². The number of anilines is 1. The summed E-state index contributed by atoms with van der Waals surface area (Å²) in [5, 5.41) is 14.6. The smallest absolute Gasteiger partial charge is 0.306 e. The maximum Gasteiger partial charge on any atom is 0.306 e. The van der Waals surface area contributed by atoms with Crippen molar-refractivity contribution in [3.8, 4) is 17.0 Å². The SMILES string of the molecule is Nc1c(Br)c(OC2CCC(C(=O)O)CC2)nc2c(-c3cnc4ccccc4c3)cnn12. The Morgan fingerprint density at radius 3 is 2.74 bits per heavy atom. The fraction of sp³-hybridized carbons (Fsp3) is 0.273. The summed E-state index contributed by atoms with van der Waals surface area (Å²) in [4.78, 5) is 20.4. The fourth-order valence-electron chi connectivity index (χ4n) is 4.06. The van der Waals surface area contributed by atoms with Gasteiger partial charge >= 0.3 is 5.97 Å². The molecule has 3 N–H and O–H groups in total. The number of carboxylic acids is 1. The molecule has 0 saturated heterocycles. The highest BCUT2D eigenvalue weighted by molar-refractivity contribution is 9.10. The molecular weight excluding hydrogens is 462 g/mol. The van der Waals surface area contributed by atoms with E-state index in [4.69, 9.17) is 15.5 Å². The number of rotatable bonds is 4. The molecule has 5 rings (SSSR count). The van der Waals surface area contributed by atoms with Crippen molar-refractivity contribution in [1.29, 1.82) is 0 Å². The molecule has 31 heavy (non-hydrogen) atoms. The van der Waals surface area contributed by atoms with Gasteiger partial charge in [0.2, 0.25) is 5.88 Å². The lowest BCUT2D eigenvalue weighted by Gasteiger charge is -2.26. The average Bonchev–Trinajstić information content (AvgIpc) is 3.21. The van der Waals surface area contributed by atoms with Crippen molar-refractivity contribution < 1.29 is 14.6 Å². The van der Waals surface area contributed by atoms with Gasteiger partial charge < -0.3 is 15.6 Å². The van der Waals surface area contributed by atoms with Crippen molar-refractivity contribution in [2.75, 3.05) is 5.73 Å². The Bertz CT molecular complexity index is 1300. The molecule has 8 nitrogen and oxygen atoms in total. The first-order valence-corrected chi connectivity index (χ1v) is 10.9. The van der Waals surface area contributed by atoms with Crippen LogP contribution >= 0.6 is 15.9 Å². The van der Waals surface area contributed by atoms with Gasteiger partial charge in [0, 0.05) is 22.7 Å². The van der Waals surface area contributed by atoms with E-state index in [1.54, 1.807) is 16.9 Å². The number of pyridine rings is 1. The van der Waals surface area contributed by atoms with E-state index in [0.29, 0.717) is 47.5 Å². The van der Waals surface area contributed by atoms with Crippen LogP contribution in [-0.2, 0) is 4.79 Å². The molecule has 1 aromatic carbocycles. The van der Waals surface area contributed by atoms with Crippen molar-refractivity contribution in [1.82, 2.24) is 19.6 Å². The van der Waals surface area contributed by atoms with Gasteiger partial charge in [-0.15, -0.1) is 0 Å². The number of fused-ring (bicyclic) bond motifs is 2. The molecule has 158 valence electrons. The number of hydrogen-bond acceptors (Lipinski definition) is 6. The highest BCUT2D eigenvalue weighted by atomic mass is 79.9. The van der Waals surface area contributed by atoms with Crippen LogP contribution in [0, 0.1) is 5.92 Å². The van der Waals surface area contributed by atoms with E-state index in [1.807, 2.05) is 30.3 Å². The number of carboxylic acid groups (broad SMARTS) is 1. The minimum Gasteiger partial charge on any atom is -0.481 e. The van der Waals surface area contributed by atoms with E-state index in [1.165, 1.54) is 0 Å². The summed E-state index contributed by atoms with van der Waals surface area (Å²) in [6, 6.07) is 9.96. The highest BCUT2D eigenvalue weighted by Gasteiger charge is 2.28. The number of nitrogens with two attached hydrogens (primary N) is 1. The number of carbonyl (C=O) groups is 1. The van der Waals surface area contributed by atoms with Gasteiger partial charge in [-0.3, -0.25) is 9.78 Å². The monoisotopic (exact) mass is 481 g/mol. The van der Waals surface area contributed by atoms with Crippen LogP contribution in [-0.4, -0.2) is 36.8 Å². The van der Waals surface area contributed by atoms with E-state index in [-0.39, 0.29) is 12.0 Å². The predicted octanol–water partition coefficient (Wildman–Crippen LogP) is 4.31. The third-order valence-electron chi connectivity index (χ3n) is 5.80. The van der Waals surface area contributed by atoms with Crippen LogP contribution in [0.3, 0.4) is 0 Å². The van der Waals surface area contributed by atoms with Gasteiger partial charge in [-0.2, -0.15) is 14.6 Å². The lowest BCUT2D eigenvalue weighted by Crippen LogP contribution is -2.28. The summed E-state index contributed by atoms with van der Waals surface area (Å²) in [5.41, 5.74) is 9.49. The van der Waals surface area contributed by atoms with Crippen LogP contribution in [0.5, 0.6) is 5.88 Å². The van der Waals surface area contributed by atoms with Crippen LogP contribution in [0.4, 0.5) is 5.82 Å². The molecule has 3 aromatic heterocycles. The Balaban J connectivity index is 1.50. The first-order valence-electron chi connectivity index (χ1n) is 10.1. The topological polar surface area (TPSA) is 116 Å². The number of hydrogen-bond donors (Lipinski definition) is 2. The van der Waals surface area contributed by atoms with Gasteiger partial charge in [-0.25, -0.2) is 0 Å². The number of aromatic nitrogens is 4. The molecule has 1 saturated carbocycles. The minimum atomic E-state index is -0.740. The third kappa shape index (κ3) is 3.59. The molecule has 0 radical (unpaired) electrons. The van der Waals surface area contributed by atoms with Gasteiger partial charge in [0.05, 0.1) is 17.6 Å². The van der Waals surface area contributed by atoms with E-state index in [9.17, 15) is 9.90 Å². The molecular formula is C22H20BrN5O3. The standard InChI is InChI=1S/C22H20BrN5O3/c23-18-19(24)28-20(27-21(18)31-15-7-5-12(6-8-15)22(29)30)16(11-26-28)14-9-13-3-1-2-4-17(13)25-10-14/h1-4,9-12,15H,5-8,24H2,(H,29,30). The summed E-state index contributed by atoms with van der Waals surface area (Å²) in [6.45, 7) is 0. The van der Waals surface area contributed by atoms with E-state index >= 15 is 0 Å². The van der Waals surface area contributed by atoms with Crippen molar-refractivity contribution in [3.63, 3.8) is 0 Å². The van der Waals surface area contributed by atoms with Crippen LogP contribution in [0.25, 0.3) is 27.7 Å². The summed E-state index contributed by atoms with van der Waals surface area (Å²) < 4.78 is 8.25. The van der Waals surface area contributed by atoms with Gasteiger partial charge in [0.15, 0.2) is 5.65 Å². The average molecular weight is 482 g/mol. The number of benzene rings is 1. The number of aliphatic carboxylic acids is 1. The maximum atomic E-state index is 11.2. The minimum absolute atomic E-state index is 0.102. The largest absolute Gasteiger partial charge is 0.481 e. The molecule has 1 fully saturated rings. The van der Waals surface area contributed by atoms with Crippen molar-refractivity contribution in [2.45, 2.75) is 31.8 Å². The first-order chi connectivity index (χ1) is 15.0. The van der Waals surface area contributed by atoms with Crippen LogP contribution in [0.2, 0.25) is 0 Å². The molecule has 0 bridgehead atoms. The van der Waals surface area contributed by atoms with Gasteiger partial charge in [0.25, 0.3) is 0 Å². The van der Waals surface area contributed by atoms with Crippen molar-refractivity contribution in [3.05, 3.63) is 47.2 Å². The summed E-state index contributed by atoms with van der Waals surface area (Å²) in [6.07, 6.45) is 5.93. The van der Waals surface area contributed by atoms with Crippen molar-refractivity contribution in [2.24, 2.45) is 5.92 Å². The number of nitrogens with zero attached hydrogens (tertiary/aromatic N) is 4. The molecule has 0 spiro atoms. The van der Waals surface area contributed by atoms with Crippen LogP contribution < -0.4 is 10.5 Å².